The summed E-state index contributed by atoms with van der Waals surface area (Å²) in [7, 11) is 2.90. The highest BCUT2D eigenvalue weighted by molar-refractivity contribution is 5.91. The van der Waals surface area contributed by atoms with Gasteiger partial charge in [0.05, 0.1) is 19.2 Å². The van der Waals surface area contributed by atoms with Crippen LogP contribution in [0.2, 0.25) is 0 Å². The lowest BCUT2D eigenvalue weighted by atomic mass is 10.3. The molecule has 1 rings (SSSR count). The van der Waals surface area contributed by atoms with E-state index < -0.39 is 0 Å². The van der Waals surface area contributed by atoms with E-state index in [-0.39, 0.29) is 30.6 Å². The van der Waals surface area contributed by atoms with Gasteiger partial charge in [-0.3, -0.25) is 9.59 Å². The smallest absolute Gasteiger partial charge is 0.307 e. The quantitative estimate of drug-likeness (QED) is 0.703. The van der Waals surface area contributed by atoms with Crippen molar-refractivity contribution in [2.24, 2.45) is 0 Å². The minimum atomic E-state index is -0.353. The van der Waals surface area contributed by atoms with E-state index >= 15 is 0 Å². The van der Waals surface area contributed by atoms with Gasteiger partial charge in [-0.05, 0) is 6.92 Å². The van der Waals surface area contributed by atoms with Gasteiger partial charge in [-0.15, -0.1) is 0 Å². The molecule has 0 saturated heterocycles. The number of esters is 1. The molecule has 1 amide bonds. The average molecular weight is 226 g/mol. The summed E-state index contributed by atoms with van der Waals surface area (Å²) in [6.07, 6.45) is 0.159. The highest BCUT2D eigenvalue weighted by Crippen LogP contribution is 2.05. The second-order valence-corrected chi connectivity index (χ2v) is 3.39. The second kappa shape index (κ2) is 5.29. The van der Waals surface area contributed by atoms with Crippen molar-refractivity contribution >= 4 is 11.9 Å². The van der Waals surface area contributed by atoms with Crippen LogP contribution in [0.25, 0.3) is 0 Å². The molecular weight excluding hydrogens is 212 g/mol. The van der Waals surface area contributed by atoms with Gasteiger partial charge in [-0.2, -0.15) is 0 Å². The maximum absolute atomic E-state index is 11.7. The summed E-state index contributed by atoms with van der Waals surface area (Å²) in [4.78, 5) is 24.0. The Labute approximate surface area is 93.1 Å². The summed E-state index contributed by atoms with van der Waals surface area (Å²) in [5.74, 6) is -0.484. The van der Waals surface area contributed by atoms with E-state index in [0.717, 1.165) is 0 Å². The van der Waals surface area contributed by atoms with Crippen LogP contribution >= 0.6 is 0 Å². The number of carbonyl (C=O) groups excluding carboxylic acids is 2. The summed E-state index contributed by atoms with van der Waals surface area (Å²) in [6.45, 7) is 2.01. The first-order valence-electron chi connectivity index (χ1n) is 4.80. The van der Waals surface area contributed by atoms with Gasteiger partial charge in [0.15, 0.2) is 0 Å². The molecule has 0 N–H and O–H groups in total. The number of rotatable bonds is 4. The highest BCUT2D eigenvalue weighted by Gasteiger charge is 2.17. The van der Waals surface area contributed by atoms with Crippen molar-refractivity contribution in [2.45, 2.75) is 13.3 Å². The fourth-order valence-electron chi connectivity index (χ4n) is 1.12. The highest BCUT2D eigenvalue weighted by atomic mass is 16.5. The van der Waals surface area contributed by atoms with Crippen molar-refractivity contribution in [1.82, 2.24) is 10.1 Å². The number of methoxy groups -OCH3 is 1. The molecule has 0 bridgehead atoms. The van der Waals surface area contributed by atoms with Crippen LogP contribution in [0.15, 0.2) is 10.6 Å². The van der Waals surface area contributed by atoms with Crippen molar-refractivity contribution in [1.29, 1.82) is 0 Å². The third-order valence-electron chi connectivity index (χ3n) is 2.06. The molecule has 0 unspecified atom stereocenters. The lowest BCUT2D eigenvalue weighted by molar-refractivity contribution is -0.140. The van der Waals surface area contributed by atoms with E-state index in [4.69, 9.17) is 4.52 Å². The lowest BCUT2D eigenvalue weighted by Gasteiger charge is -2.13. The van der Waals surface area contributed by atoms with Crippen LogP contribution in [0.5, 0.6) is 0 Å². The van der Waals surface area contributed by atoms with Crippen LogP contribution in [-0.4, -0.2) is 42.6 Å². The van der Waals surface area contributed by atoms with Crippen LogP contribution in [0.1, 0.15) is 22.7 Å². The molecule has 6 heteroatoms. The monoisotopic (exact) mass is 226 g/mol. The molecule has 0 aliphatic heterocycles. The normalized spacial score (nSPS) is 9.94. The zero-order chi connectivity index (χ0) is 12.1. The molecule has 0 aliphatic rings. The molecular formula is C10H14N2O4. The third kappa shape index (κ3) is 3.08. The van der Waals surface area contributed by atoms with Crippen LogP contribution in [0.3, 0.4) is 0 Å². The minimum Gasteiger partial charge on any atom is -0.469 e. The first kappa shape index (κ1) is 12.2. The summed E-state index contributed by atoms with van der Waals surface area (Å²) in [6, 6.07) is 1.55. The van der Waals surface area contributed by atoms with E-state index in [2.05, 4.69) is 9.89 Å². The molecule has 0 fully saturated rings. The lowest BCUT2D eigenvalue weighted by Crippen LogP contribution is -2.29. The van der Waals surface area contributed by atoms with Crippen molar-refractivity contribution in [3.63, 3.8) is 0 Å². The SMILES string of the molecule is COC(=O)CCN(C)C(=O)c1cc(C)no1. The third-order valence-corrected chi connectivity index (χ3v) is 2.06. The zero-order valence-electron chi connectivity index (χ0n) is 9.52. The number of carbonyl (C=O) groups is 2. The van der Waals surface area contributed by atoms with E-state index in [1.54, 1.807) is 20.0 Å². The molecule has 1 aromatic rings. The van der Waals surface area contributed by atoms with Gasteiger partial charge in [0, 0.05) is 19.7 Å². The average Bonchev–Trinajstić information content (AvgIpc) is 2.71. The van der Waals surface area contributed by atoms with Gasteiger partial charge in [0.2, 0.25) is 5.76 Å². The Hall–Kier alpha value is -1.85. The predicted octanol–water partition coefficient (Wildman–Crippen LogP) is 0.618. The summed E-state index contributed by atoms with van der Waals surface area (Å²) in [5, 5.41) is 3.62. The number of hydrogen-bond acceptors (Lipinski definition) is 5. The van der Waals surface area contributed by atoms with Gasteiger partial charge >= 0.3 is 5.97 Å². The predicted molar refractivity (Wildman–Crippen MR) is 54.8 cm³/mol. The summed E-state index contributed by atoms with van der Waals surface area (Å²) < 4.78 is 9.30. The molecule has 0 aliphatic carbocycles. The van der Waals surface area contributed by atoms with E-state index in [0.29, 0.717) is 5.69 Å². The molecule has 0 atom stereocenters. The van der Waals surface area contributed by atoms with Crippen LogP contribution in [-0.2, 0) is 9.53 Å². The largest absolute Gasteiger partial charge is 0.469 e. The number of aromatic nitrogens is 1. The van der Waals surface area contributed by atoms with E-state index in [9.17, 15) is 9.59 Å². The maximum atomic E-state index is 11.7. The number of ether oxygens (including phenoxy) is 1. The molecule has 1 aromatic heterocycles. The van der Waals surface area contributed by atoms with Crippen LogP contribution < -0.4 is 0 Å². The number of aryl methyl sites for hydroxylation is 1. The Morgan fingerprint density at radius 3 is 2.75 bits per heavy atom. The summed E-state index contributed by atoms with van der Waals surface area (Å²) >= 11 is 0. The van der Waals surface area contributed by atoms with Crippen molar-refractivity contribution in [3.05, 3.63) is 17.5 Å². The van der Waals surface area contributed by atoms with Crippen LogP contribution in [0.4, 0.5) is 0 Å². The van der Waals surface area contributed by atoms with Crippen molar-refractivity contribution in [3.8, 4) is 0 Å². The molecule has 0 aromatic carbocycles. The summed E-state index contributed by atoms with van der Waals surface area (Å²) in [5.41, 5.74) is 0.643. The van der Waals surface area contributed by atoms with Gasteiger partial charge in [0.1, 0.15) is 0 Å². The molecule has 0 saturated carbocycles. The van der Waals surface area contributed by atoms with Gasteiger partial charge in [-0.25, -0.2) is 0 Å². The Morgan fingerprint density at radius 1 is 1.56 bits per heavy atom. The fourth-order valence-corrected chi connectivity index (χ4v) is 1.12. The standard InChI is InChI=1S/C10H14N2O4/c1-7-6-8(16-11-7)10(14)12(2)5-4-9(13)15-3/h6H,4-5H2,1-3H3. The van der Waals surface area contributed by atoms with E-state index in [1.165, 1.54) is 12.0 Å². The molecule has 6 nitrogen and oxygen atoms in total. The Balaban J connectivity index is 2.51. The van der Waals surface area contributed by atoms with Gasteiger partial charge in [0.25, 0.3) is 5.91 Å². The van der Waals surface area contributed by atoms with Gasteiger partial charge < -0.3 is 14.2 Å². The topological polar surface area (TPSA) is 72.6 Å². The molecule has 0 spiro atoms. The van der Waals surface area contributed by atoms with Gasteiger partial charge in [-0.1, -0.05) is 5.16 Å². The maximum Gasteiger partial charge on any atom is 0.307 e. The second-order valence-electron chi connectivity index (χ2n) is 3.39. The fraction of sp³-hybridized carbons (Fsp3) is 0.500. The molecule has 1 heterocycles. The first-order valence-corrected chi connectivity index (χ1v) is 4.80. The Bertz CT molecular complexity index is 386. The molecule has 88 valence electrons. The number of nitrogens with zero attached hydrogens (tertiary/aromatic N) is 2. The molecule has 16 heavy (non-hydrogen) atoms. The minimum absolute atomic E-state index is 0.159. The Kier molecular flexibility index (Phi) is 4.04. The first-order chi connectivity index (χ1) is 7.54. The van der Waals surface area contributed by atoms with Crippen LogP contribution in [0, 0.1) is 6.92 Å². The Morgan fingerprint density at radius 2 is 2.25 bits per heavy atom. The van der Waals surface area contributed by atoms with Crippen molar-refractivity contribution in [2.75, 3.05) is 20.7 Å². The number of amides is 1. The van der Waals surface area contributed by atoms with Crippen molar-refractivity contribution < 1.29 is 18.8 Å². The molecule has 0 radical (unpaired) electrons. The number of hydrogen-bond donors (Lipinski definition) is 0. The van der Waals surface area contributed by atoms with E-state index in [1.807, 2.05) is 0 Å². The zero-order valence-corrected chi connectivity index (χ0v) is 9.52.